The average Bonchev–Trinajstić information content (AvgIpc) is 2.65. The van der Waals surface area contributed by atoms with E-state index in [1.807, 2.05) is 0 Å². The molecule has 0 saturated heterocycles. The minimum absolute atomic E-state index is 0.380. The molecule has 0 aliphatic heterocycles. The minimum atomic E-state index is -0.419. The summed E-state index contributed by atoms with van der Waals surface area (Å²) in [7, 11) is 2.20. The van der Waals surface area contributed by atoms with Gasteiger partial charge in [-0.15, -0.1) is 0 Å². The molecule has 4 fully saturated rings. The van der Waals surface area contributed by atoms with Crippen molar-refractivity contribution in [3.8, 4) is 5.75 Å². The fourth-order valence-electron chi connectivity index (χ4n) is 6.60. The molecule has 150 valence electrons. The van der Waals surface area contributed by atoms with Crippen LogP contribution in [-0.2, 0) is 5.41 Å². The second-order valence-electron chi connectivity index (χ2n) is 10.1. The highest BCUT2D eigenvalue weighted by molar-refractivity contribution is 5.34. The van der Waals surface area contributed by atoms with E-state index >= 15 is 0 Å². The molecule has 1 unspecified atom stereocenters. The van der Waals surface area contributed by atoms with Gasteiger partial charge in [-0.2, -0.15) is 0 Å². The molecule has 4 aliphatic carbocycles. The first-order valence-corrected chi connectivity index (χ1v) is 11.2. The van der Waals surface area contributed by atoms with Crippen LogP contribution in [0.15, 0.2) is 24.3 Å². The number of benzene rings is 1. The molecule has 4 saturated carbocycles. The predicted molar refractivity (Wildman–Crippen MR) is 110 cm³/mol. The van der Waals surface area contributed by atoms with Crippen LogP contribution >= 0.6 is 0 Å². The quantitative estimate of drug-likeness (QED) is 0.686. The molecule has 3 nitrogen and oxygen atoms in total. The normalized spacial score (nSPS) is 33.3. The topological polar surface area (TPSA) is 29.5 Å². The zero-order chi connectivity index (χ0) is 19.1. The third-order valence-corrected chi connectivity index (χ3v) is 8.13. The van der Waals surface area contributed by atoms with E-state index < -0.39 is 6.10 Å². The van der Waals surface area contributed by atoms with Crippen LogP contribution < -0.4 is 4.74 Å². The van der Waals surface area contributed by atoms with Crippen molar-refractivity contribution in [3.63, 3.8) is 0 Å². The van der Waals surface area contributed by atoms with Gasteiger partial charge in [-0.3, -0.25) is 0 Å². The molecule has 4 bridgehead atoms. The number of hydrogen-bond acceptors (Lipinski definition) is 2. The molecule has 5 rings (SSSR count). The molecule has 4 aliphatic rings. The van der Waals surface area contributed by atoms with Crippen molar-refractivity contribution in [1.82, 2.24) is 0 Å². The monoisotopic (exact) mass is 372 g/mol. The molecule has 27 heavy (non-hydrogen) atoms. The summed E-state index contributed by atoms with van der Waals surface area (Å²) in [6.45, 7) is 7.56. The Morgan fingerprint density at radius 3 is 2.00 bits per heavy atom. The second kappa shape index (κ2) is 7.40. The lowest BCUT2D eigenvalue weighted by Crippen LogP contribution is -2.49. The predicted octanol–water partition coefficient (Wildman–Crippen LogP) is 4.38. The summed E-state index contributed by atoms with van der Waals surface area (Å²) in [4.78, 5) is 0. The first-order chi connectivity index (χ1) is 12.9. The molecule has 0 spiro atoms. The summed E-state index contributed by atoms with van der Waals surface area (Å²) >= 11 is 0. The van der Waals surface area contributed by atoms with Crippen LogP contribution in [-0.4, -0.2) is 49.0 Å². The minimum Gasteiger partial charge on any atom is -0.491 e. The van der Waals surface area contributed by atoms with Crippen LogP contribution in [0.25, 0.3) is 0 Å². The Morgan fingerprint density at radius 2 is 1.52 bits per heavy atom. The molecule has 0 radical (unpaired) electrons. The number of ether oxygens (including phenoxy) is 1. The molecule has 1 N–H and O–H groups in total. The number of aliphatic hydroxyl groups excluding tert-OH is 1. The Kier molecular flexibility index (Phi) is 5.28. The largest absolute Gasteiger partial charge is 0.491 e. The van der Waals surface area contributed by atoms with Gasteiger partial charge in [-0.25, -0.2) is 0 Å². The van der Waals surface area contributed by atoms with E-state index in [1.165, 1.54) is 44.1 Å². The zero-order valence-electron chi connectivity index (χ0n) is 17.5. The van der Waals surface area contributed by atoms with Crippen LogP contribution in [0.2, 0.25) is 0 Å². The van der Waals surface area contributed by atoms with Crippen LogP contribution in [0.3, 0.4) is 0 Å². The average molecular weight is 373 g/mol. The van der Waals surface area contributed by atoms with Gasteiger partial charge in [0.15, 0.2) is 0 Å². The maximum absolute atomic E-state index is 10.4. The standard InChI is InChI=1S/C24H38NO2/c1-4-25(3,5-2)16-22(26)17-27-23-8-6-21(7-9-23)24-13-18-10-19(14-24)12-20(11-18)15-24/h6-9,18-20,22,26H,4-5,10-17H2,1-3H3/q+1. The number of nitrogens with zero attached hydrogens (tertiary/aromatic N) is 1. The van der Waals surface area contributed by atoms with Crippen LogP contribution in [0, 0.1) is 17.8 Å². The zero-order valence-corrected chi connectivity index (χ0v) is 17.5. The molecule has 0 aromatic heterocycles. The van der Waals surface area contributed by atoms with Gasteiger partial charge in [-0.1, -0.05) is 12.1 Å². The molecule has 3 heteroatoms. The van der Waals surface area contributed by atoms with Crippen molar-refractivity contribution in [2.24, 2.45) is 17.8 Å². The van der Waals surface area contributed by atoms with Crippen molar-refractivity contribution in [2.75, 3.05) is 33.3 Å². The summed E-state index contributed by atoms with van der Waals surface area (Å²) in [5, 5.41) is 10.4. The Balaban J connectivity index is 1.36. The van der Waals surface area contributed by atoms with Gasteiger partial charge in [0.1, 0.15) is 25.0 Å². The van der Waals surface area contributed by atoms with E-state index in [-0.39, 0.29) is 0 Å². The van der Waals surface area contributed by atoms with Crippen molar-refractivity contribution < 1.29 is 14.3 Å². The second-order valence-corrected chi connectivity index (χ2v) is 10.1. The highest BCUT2D eigenvalue weighted by Crippen LogP contribution is 2.60. The van der Waals surface area contributed by atoms with Crippen molar-refractivity contribution in [2.45, 2.75) is 63.9 Å². The van der Waals surface area contributed by atoms with E-state index in [2.05, 4.69) is 45.2 Å². The lowest BCUT2D eigenvalue weighted by molar-refractivity contribution is -0.909. The van der Waals surface area contributed by atoms with Gasteiger partial charge in [-0.05, 0) is 93.2 Å². The highest BCUT2D eigenvalue weighted by Gasteiger charge is 2.51. The van der Waals surface area contributed by atoms with E-state index in [0.29, 0.717) is 12.0 Å². The number of rotatable bonds is 8. The van der Waals surface area contributed by atoms with Crippen LogP contribution in [0.5, 0.6) is 5.75 Å². The Morgan fingerprint density at radius 1 is 1.00 bits per heavy atom. The van der Waals surface area contributed by atoms with E-state index in [9.17, 15) is 5.11 Å². The molecule has 0 amide bonds. The van der Waals surface area contributed by atoms with Crippen molar-refractivity contribution >= 4 is 0 Å². The SMILES string of the molecule is CC[N+](C)(CC)CC(O)COc1ccc(C23CC4CC(CC(C4)C2)C3)cc1. The Hall–Kier alpha value is -1.06. The molecule has 1 atom stereocenters. The van der Waals surface area contributed by atoms with Gasteiger partial charge in [0.2, 0.25) is 0 Å². The Labute approximate surface area is 165 Å². The summed E-state index contributed by atoms with van der Waals surface area (Å²) in [5.74, 6) is 3.83. The fraction of sp³-hybridized carbons (Fsp3) is 0.750. The summed E-state index contributed by atoms with van der Waals surface area (Å²) in [6, 6.07) is 8.89. The summed E-state index contributed by atoms with van der Waals surface area (Å²) < 4.78 is 6.80. The number of quaternary nitrogens is 1. The smallest absolute Gasteiger partial charge is 0.137 e. The van der Waals surface area contributed by atoms with Gasteiger partial charge >= 0.3 is 0 Å². The maximum atomic E-state index is 10.4. The molecular weight excluding hydrogens is 334 g/mol. The maximum Gasteiger partial charge on any atom is 0.137 e. The molecular formula is C24H38NO2+. The highest BCUT2D eigenvalue weighted by atomic mass is 16.5. The third-order valence-electron chi connectivity index (χ3n) is 8.13. The molecule has 1 aromatic rings. The molecule has 0 heterocycles. The lowest BCUT2D eigenvalue weighted by atomic mass is 9.48. The summed E-state index contributed by atoms with van der Waals surface area (Å²) in [5.41, 5.74) is 1.99. The first kappa shape index (κ1) is 19.3. The van der Waals surface area contributed by atoms with Crippen molar-refractivity contribution in [1.29, 1.82) is 0 Å². The summed E-state index contributed by atoms with van der Waals surface area (Å²) in [6.07, 6.45) is 8.27. The van der Waals surface area contributed by atoms with Crippen LogP contribution in [0.4, 0.5) is 0 Å². The first-order valence-electron chi connectivity index (χ1n) is 11.2. The molecule has 1 aromatic carbocycles. The number of aliphatic hydroxyl groups is 1. The van der Waals surface area contributed by atoms with Gasteiger partial charge in [0, 0.05) is 0 Å². The fourth-order valence-corrected chi connectivity index (χ4v) is 6.60. The number of hydrogen-bond donors (Lipinski definition) is 1. The van der Waals surface area contributed by atoms with Gasteiger partial charge in [0.25, 0.3) is 0 Å². The Bertz CT molecular complexity index is 599. The van der Waals surface area contributed by atoms with Crippen LogP contribution in [0.1, 0.15) is 57.9 Å². The van der Waals surface area contributed by atoms with Gasteiger partial charge < -0.3 is 14.3 Å². The van der Waals surface area contributed by atoms with E-state index in [0.717, 1.165) is 47.6 Å². The van der Waals surface area contributed by atoms with Gasteiger partial charge in [0.05, 0.1) is 20.1 Å². The van der Waals surface area contributed by atoms with E-state index in [4.69, 9.17) is 4.74 Å². The van der Waals surface area contributed by atoms with Crippen molar-refractivity contribution in [3.05, 3.63) is 29.8 Å². The number of likely N-dealkylation sites (N-methyl/N-ethyl adjacent to an activating group) is 1. The lowest BCUT2D eigenvalue weighted by Gasteiger charge is -2.57. The third kappa shape index (κ3) is 3.91. The van der Waals surface area contributed by atoms with E-state index in [1.54, 1.807) is 0 Å².